The normalized spacial score (nSPS) is 18.7. The maximum atomic E-state index is 6.35. The van der Waals surface area contributed by atoms with E-state index in [2.05, 4.69) is 17.0 Å². The number of rotatable bonds is 5. The Balaban J connectivity index is 1.94. The van der Waals surface area contributed by atoms with Gasteiger partial charge in [0.15, 0.2) is 22.9 Å². The third-order valence-electron chi connectivity index (χ3n) is 4.96. The van der Waals surface area contributed by atoms with Crippen LogP contribution in [0.1, 0.15) is 49.9 Å². The number of aryl methyl sites for hydroxylation is 1. The van der Waals surface area contributed by atoms with Crippen LogP contribution < -0.4 is 9.47 Å². The maximum Gasteiger partial charge on any atom is 0.198 e. The Morgan fingerprint density at radius 3 is 2.89 bits per heavy atom. The van der Waals surface area contributed by atoms with Gasteiger partial charge in [-0.15, -0.1) is 0 Å². The zero-order valence-corrected chi connectivity index (χ0v) is 16.2. The molecular formula is C21H24N4O2. The summed E-state index contributed by atoms with van der Waals surface area (Å²) < 4.78 is 13.8. The van der Waals surface area contributed by atoms with E-state index in [1.807, 2.05) is 48.8 Å². The quantitative estimate of drug-likeness (QED) is 0.681. The summed E-state index contributed by atoms with van der Waals surface area (Å²) in [6.45, 7) is 6.23. The predicted molar refractivity (Wildman–Crippen MR) is 105 cm³/mol. The SMILES string of the molecule is CCCCC1(C)N=C(c2cnc3c(C)ccnn23)c2cccc(OC)c2O1. The second-order valence-electron chi connectivity index (χ2n) is 7.07. The lowest BCUT2D eigenvalue weighted by molar-refractivity contribution is 0.0784. The molecule has 0 amide bonds. The van der Waals surface area contributed by atoms with Crippen LogP contribution >= 0.6 is 0 Å². The molecule has 1 unspecified atom stereocenters. The van der Waals surface area contributed by atoms with Crippen LogP contribution in [0.4, 0.5) is 0 Å². The Hall–Kier alpha value is -2.89. The molecule has 1 aliphatic rings. The molecule has 0 saturated carbocycles. The van der Waals surface area contributed by atoms with Crippen molar-refractivity contribution in [1.29, 1.82) is 0 Å². The molecule has 1 atom stereocenters. The number of hydrogen-bond acceptors (Lipinski definition) is 5. The lowest BCUT2D eigenvalue weighted by Gasteiger charge is -2.33. The Kier molecular flexibility index (Phi) is 4.34. The summed E-state index contributed by atoms with van der Waals surface area (Å²) in [5, 5.41) is 4.50. The van der Waals surface area contributed by atoms with Crippen LogP contribution in [-0.2, 0) is 0 Å². The topological polar surface area (TPSA) is 61.0 Å². The van der Waals surface area contributed by atoms with E-state index in [-0.39, 0.29) is 0 Å². The van der Waals surface area contributed by atoms with Gasteiger partial charge in [0, 0.05) is 18.2 Å². The Morgan fingerprint density at radius 2 is 2.11 bits per heavy atom. The minimum absolute atomic E-state index is 0.652. The molecule has 6 nitrogen and oxygen atoms in total. The second-order valence-corrected chi connectivity index (χ2v) is 7.07. The van der Waals surface area contributed by atoms with Crippen molar-refractivity contribution in [3.8, 4) is 11.5 Å². The van der Waals surface area contributed by atoms with E-state index in [9.17, 15) is 0 Å². The Labute approximate surface area is 158 Å². The van der Waals surface area contributed by atoms with Crippen LogP contribution in [0.5, 0.6) is 11.5 Å². The molecule has 6 heteroatoms. The number of hydrogen-bond donors (Lipinski definition) is 0. The summed E-state index contributed by atoms with van der Waals surface area (Å²) in [5.41, 5.74) is 3.84. The summed E-state index contributed by atoms with van der Waals surface area (Å²) in [6.07, 6.45) is 6.56. The molecule has 0 radical (unpaired) electrons. The number of aliphatic imine (C=N–C) groups is 1. The lowest BCUT2D eigenvalue weighted by Crippen LogP contribution is -2.36. The van der Waals surface area contributed by atoms with Gasteiger partial charge in [0.2, 0.25) is 0 Å². The average molecular weight is 364 g/mol. The minimum atomic E-state index is -0.652. The van der Waals surface area contributed by atoms with Crippen molar-refractivity contribution in [1.82, 2.24) is 14.6 Å². The van der Waals surface area contributed by atoms with E-state index in [1.165, 1.54) is 0 Å². The van der Waals surface area contributed by atoms with Gasteiger partial charge in [0.1, 0.15) is 11.4 Å². The summed E-state index contributed by atoms with van der Waals surface area (Å²) >= 11 is 0. The molecular weight excluding hydrogens is 340 g/mol. The second kappa shape index (κ2) is 6.68. The van der Waals surface area contributed by atoms with Gasteiger partial charge in [0.05, 0.1) is 13.3 Å². The van der Waals surface area contributed by atoms with Gasteiger partial charge >= 0.3 is 0 Å². The van der Waals surface area contributed by atoms with Crippen LogP contribution in [0.2, 0.25) is 0 Å². The van der Waals surface area contributed by atoms with Crippen molar-refractivity contribution >= 4 is 11.4 Å². The van der Waals surface area contributed by atoms with E-state index in [0.717, 1.165) is 53.2 Å². The van der Waals surface area contributed by atoms with Crippen LogP contribution in [0.25, 0.3) is 5.65 Å². The number of aromatic nitrogens is 3. The highest BCUT2D eigenvalue weighted by Gasteiger charge is 2.35. The fraction of sp³-hybridized carbons (Fsp3) is 0.381. The number of methoxy groups -OCH3 is 1. The molecule has 0 saturated heterocycles. The lowest BCUT2D eigenvalue weighted by atomic mass is 10.00. The number of imidazole rings is 1. The van der Waals surface area contributed by atoms with Crippen molar-refractivity contribution < 1.29 is 9.47 Å². The van der Waals surface area contributed by atoms with Gasteiger partial charge in [0.25, 0.3) is 0 Å². The number of fused-ring (bicyclic) bond motifs is 2. The highest BCUT2D eigenvalue weighted by atomic mass is 16.5. The Bertz CT molecular complexity index is 1020. The Morgan fingerprint density at radius 1 is 1.26 bits per heavy atom. The molecule has 27 heavy (non-hydrogen) atoms. The van der Waals surface area contributed by atoms with E-state index in [1.54, 1.807) is 13.3 Å². The molecule has 0 N–H and O–H groups in total. The number of benzene rings is 1. The van der Waals surface area contributed by atoms with E-state index < -0.39 is 5.72 Å². The standard InChI is InChI=1S/C21H24N4O2/c1-5-6-11-21(3)24-18(15-8-7-9-17(26-4)19(15)27-21)16-13-22-20-14(2)10-12-23-25(16)20/h7-10,12-13H,5-6,11H2,1-4H3. The molecule has 1 aromatic carbocycles. The first kappa shape index (κ1) is 17.5. The van der Waals surface area contributed by atoms with Crippen LogP contribution in [0.3, 0.4) is 0 Å². The molecule has 140 valence electrons. The van der Waals surface area contributed by atoms with E-state index in [4.69, 9.17) is 14.5 Å². The van der Waals surface area contributed by atoms with E-state index >= 15 is 0 Å². The predicted octanol–water partition coefficient (Wildman–Crippen LogP) is 4.18. The molecule has 0 aliphatic carbocycles. The smallest absolute Gasteiger partial charge is 0.198 e. The van der Waals surface area contributed by atoms with Crippen molar-refractivity contribution in [2.45, 2.75) is 45.8 Å². The highest BCUT2D eigenvalue weighted by Crippen LogP contribution is 2.41. The van der Waals surface area contributed by atoms with Crippen molar-refractivity contribution in [2.75, 3.05) is 7.11 Å². The van der Waals surface area contributed by atoms with Crippen LogP contribution in [-0.4, -0.2) is 33.1 Å². The molecule has 0 fully saturated rings. The largest absolute Gasteiger partial charge is 0.493 e. The van der Waals surface area contributed by atoms with Crippen LogP contribution in [0.15, 0.2) is 41.7 Å². The molecule has 4 rings (SSSR count). The molecule has 3 aromatic rings. The average Bonchev–Trinajstić information content (AvgIpc) is 3.11. The van der Waals surface area contributed by atoms with Gasteiger partial charge in [-0.05, 0) is 44.0 Å². The summed E-state index contributed by atoms with van der Waals surface area (Å²) in [6, 6.07) is 7.83. The van der Waals surface area contributed by atoms with Gasteiger partial charge in [-0.1, -0.05) is 19.4 Å². The maximum absolute atomic E-state index is 6.35. The van der Waals surface area contributed by atoms with Gasteiger partial charge < -0.3 is 9.47 Å². The third-order valence-corrected chi connectivity index (χ3v) is 4.96. The molecule has 2 aromatic heterocycles. The molecule has 3 heterocycles. The zero-order chi connectivity index (χ0) is 19.0. The monoisotopic (exact) mass is 364 g/mol. The molecule has 0 spiro atoms. The van der Waals surface area contributed by atoms with Crippen molar-refractivity contribution in [3.05, 3.63) is 53.5 Å². The summed E-state index contributed by atoms with van der Waals surface area (Å²) in [7, 11) is 1.66. The van der Waals surface area contributed by atoms with E-state index in [0.29, 0.717) is 5.75 Å². The first-order valence-electron chi connectivity index (χ1n) is 9.32. The summed E-state index contributed by atoms with van der Waals surface area (Å²) in [4.78, 5) is 9.59. The van der Waals surface area contributed by atoms with Crippen LogP contribution in [0, 0.1) is 6.92 Å². The fourth-order valence-electron chi connectivity index (χ4n) is 3.49. The highest BCUT2D eigenvalue weighted by molar-refractivity contribution is 6.14. The van der Waals surface area contributed by atoms with Gasteiger partial charge in [-0.25, -0.2) is 14.5 Å². The van der Waals surface area contributed by atoms with Gasteiger partial charge in [-0.3, -0.25) is 0 Å². The summed E-state index contributed by atoms with van der Waals surface area (Å²) in [5.74, 6) is 1.44. The number of unbranched alkanes of at least 4 members (excludes halogenated alkanes) is 1. The number of ether oxygens (including phenoxy) is 2. The number of nitrogens with zero attached hydrogens (tertiary/aromatic N) is 4. The number of para-hydroxylation sites is 1. The first-order chi connectivity index (χ1) is 13.1. The minimum Gasteiger partial charge on any atom is -0.493 e. The van der Waals surface area contributed by atoms with Crippen molar-refractivity contribution in [3.63, 3.8) is 0 Å². The van der Waals surface area contributed by atoms with Gasteiger partial charge in [-0.2, -0.15) is 5.10 Å². The fourth-order valence-corrected chi connectivity index (χ4v) is 3.49. The molecule has 1 aliphatic heterocycles. The first-order valence-corrected chi connectivity index (χ1v) is 9.32. The molecule has 0 bridgehead atoms. The van der Waals surface area contributed by atoms with Crippen molar-refractivity contribution in [2.24, 2.45) is 4.99 Å². The third kappa shape index (κ3) is 2.95. The zero-order valence-electron chi connectivity index (χ0n) is 16.2.